The van der Waals surface area contributed by atoms with Gasteiger partial charge in [0.25, 0.3) is 0 Å². The molecule has 5 heteroatoms. The molecule has 0 unspecified atom stereocenters. The molecule has 1 saturated heterocycles. The third kappa shape index (κ3) is 1.36. The highest BCUT2D eigenvalue weighted by molar-refractivity contribution is 4.56. The second-order valence-corrected chi connectivity index (χ2v) is 2.07. The molecule has 0 aliphatic carbocycles. The second-order valence-electron chi connectivity index (χ2n) is 2.07. The molecule has 1 aliphatic rings. The van der Waals surface area contributed by atoms with Crippen molar-refractivity contribution >= 4 is 0 Å². The maximum absolute atomic E-state index is 10.0. The molecular formula is C4H8N2O3. The lowest BCUT2D eigenvalue weighted by Crippen LogP contribution is -2.23. The number of ether oxygens (including phenoxy) is 1. The minimum atomic E-state index is -0.810. The van der Waals surface area contributed by atoms with E-state index in [-0.39, 0.29) is 0 Å². The van der Waals surface area contributed by atoms with Gasteiger partial charge in [-0.25, -0.2) is 0 Å². The first-order valence-electron chi connectivity index (χ1n) is 2.64. The number of hydrogen-bond donors (Lipinski definition) is 0. The van der Waals surface area contributed by atoms with Crippen LogP contribution in [0.15, 0.2) is 0 Å². The molecule has 0 saturated carbocycles. The minimum Gasteiger partial charge on any atom is -0.300 e. The predicted molar refractivity (Wildman–Crippen MR) is 29.4 cm³/mol. The van der Waals surface area contributed by atoms with Gasteiger partial charge in [0.1, 0.15) is 6.73 Å². The Labute approximate surface area is 52.4 Å². The van der Waals surface area contributed by atoms with E-state index in [2.05, 4.69) is 0 Å². The number of likely N-dealkylation sites (N-methyl/N-ethyl adjacent to an activating group) is 1. The van der Waals surface area contributed by atoms with Crippen LogP contribution in [0.25, 0.3) is 0 Å². The lowest BCUT2D eigenvalue weighted by atomic mass is 10.6. The Morgan fingerprint density at radius 3 is 2.78 bits per heavy atom. The molecule has 5 nitrogen and oxygen atoms in total. The Morgan fingerprint density at radius 2 is 2.56 bits per heavy atom. The highest BCUT2D eigenvalue weighted by atomic mass is 16.7. The van der Waals surface area contributed by atoms with Crippen LogP contribution in [0.1, 0.15) is 0 Å². The van der Waals surface area contributed by atoms with Crippen molar-refractivity contribution in [3.05, 3.63) is 10.1 Å². The highest BCUT2D eigenvalue weighted by Gasteiger charge is 2.29. The average molecular weight is 132 g/mol. The van der Waals surface area contributed by atoms with Crippen molar-refractivity contribution in [3.8, 4) is 0 Å². The first kappa shape index (κ1) is 6.44. The van der Waals surface area contributed by atoms with Gasteiger partial charge in [0, 0.05) is 0 Å². The van der Waals surface area contributed by atoms with Crippen molar-refractivity contribution < 1.29 is 9.66 Å². The van der Waals surface area contributed by atoms with E-state index in [1.807, 2.05) is 0 Å². The molecule has 0 aromatic rings. The molecule has 0 aromatic carbocycles. The first-order chi connectivity index (χ1) is 4.20. The van der Waals surface area contributed by atoms with Crippen LogP contribution in [-0.2, 0) is 4.74 Å². The van der Waals surface area contributed by atoms with Crippen molar-refractivity contribution in [3.63, 3.8) is 0 Å². The fourth-order valence-electron chi connectivity index (χ4n) is 0.713. The number of nitro groups is 1. The van der Waals surface area contributed by atoms with Crippen molar-refractivity contribution in [1.82, 2.24) is 4.90 Å². The van der Waals surface area contributed by atoms with E-state index in [0.29, 0.717) is 13.3 Å². The quantitative estimate of drug-likeness (QED) is 0.357. The van der Waals surface area contributed by atoms with Crippen LogP contribution in [0.5, 0.6) is 0 Å². The summed E-state index contributed by atoms with van der Waals surface area (Å²) in [5.41, 5.74) is 0. The standard InChI is InChI=1S/C4H8N2O3/c1-5-2-4(6(7)8)9-3-5/h4H,2-3H2,1H3/t4-/m0/s1. The van der Waals surface area contributed by atoms with Gasteiger partial charge in [-0.2, -0.15) is 0 Å². The summed E-state index contributed by atoms with van der Waals surface area (Å²) in [7, 11) is 1.78. The van der Waals surface area contributed by atoms with Gasteiger partial charge in [0.05, 0.1) is 11.5 Å². The molecule has 0 N–H and O–H groups in total. The molecule has 0 aromatic heterocycles. The van der Waals surface area contributed by atoms with E-state index in [9.17, 15) is 10.1 Å². The summed E-state index contributed by atoms with van der Waals surface area (Å²) in [4.78, 5) is 11.3. The van der Waals surface area contributed by atoms with Crippen molar-refractivity contribution in [1.29, 1.82) is 0 Å². The molecule has 1 rings (SSSR count). The maximum atomic E-state index is 10.0. The zero-order chi connectivity index (χ0) is 6.85. The summed E-state index contributed by atoms with van der Waals surface area (Å²) in [6.07, 6.45) is -0.810. The Kier molecular flexibility index (Phi) is 1.63. The van der Waals surface area contributed by atoms with Gasteiger partial charge in [-0.15, -0.1) is 0 Å². The molecule has 1 fully saturated rings. The molecule has 9 heavy (non-hydrogen) atoms. The monoisotopic (exact) mass is 132 g/mol. The zero-order valence-corrected chi connectivity index (χ0v) is 5.11. The smallest absolute Gasteiger partial charge is 0.300 e. The summed E-state index contributed by atoms with van der Waals surface area (Å²) < 4.78 is 4.75. The van der Waals surface area contributed by atoms with Crippen LogP contribution >= 0.6 is 0 Å². The number of nitrogens with zero attached hydrogens (tertiary/aromatic N) is 2. The molecule has 0 bridgehead atoms. The Hall–Kier alpha value is -0.680. The SMILES string of the molecule is CN1CO[C@H]([N+](=O)[O-])C1. The van der Waals surface area contributed by atoms with Crippen LogP contribution in [-0.4, -0.2) is 36.4 Å². The fraction of sp³-hybridized carbons (Fsp3) is 1.00. The summed E-state index contributed by atoms with van der Waals surface area (Å²) in [6.45, 7) is 0.763. The van der Waals surface area contributed by atoms with Gasteiger partial charge in [-0.1, -0.05) is 0 Å². The molecule has 1 heterocycles. The fourth-order valence-corrected chi connectivity index (χ4v) is 0.713. The summed E-state index contributed by atoms with van der Waals surface area (Å²) in [5.74, 6) is 0. The first-order valence-corrected chi connectivity index (χ1v) is 2.64. The van der Waals surface area contributed by atoms with Crippen molar-refractivity contribution in [2.45, 2.75) is 6.23 Å². The van der Waals surface area contributed by atoms with E-state index < -0.39 is 11.2 Å². The van der Waals surface area contributed by atoms with Gasteiger partial charge in [-0.05, 0) is 7.05 Å². The molecule has 52 valence electrons. The normalized spacial score (nSPS) is 28.8. The molecule has 1 atom stereocenters. The molecule has 0 radical (unpaired) electrons. The Balaban J connectivity index is 2.39. The van der Waals surface area contributed by atoms with Crippen molar-refractivity contribution in [2.24, 2.45) is 0 Å². The van der Waals surface area contributed by atoms with Crippen LogP contribution in [0.4, 0.5) is 0 Å². The number of rotatable bonds is 1. The van der Waals surface area contributed by atoms with Gasteiger partial charge in [0.2, 0.25) is 0 Å². The van der Waals surface area contributed by atoms with E-state index >= 15 is 0 Å². The third-order valence-electron chi connectivity index (χ3n) is 1.19. The van der Waals surface area contributed by atoms with E-state index in [1.54, 1.807) is 11.9 Å². The topological polar surface area (TPSA) is 55.6 Å². The summed E-state index contributed by atoms with van der Waals surface area (Å²) in [5, 5.41) is 10.0. The Morgan fingerprint density at radius 1 is 1.89 bits per heavy atom. The molecule has 1 aliphatic heterocycles. The zero-order valence-electron chi connectivity index (χ0n) is 5.11. The van der Waals surface area contributed by atoms with E-state index in [4.69, 9.17) is 4.74 Å². The summed E-state index contributed by atoms with van der Waals surface area (Å²) in [6, 6.07) is 0. The van der Waals surface area contributed by atoms with Crippen LogP contribution in [0, 0.1) is 10.1 Å². The molecule has 0 spiro atoms. The van der Waals surface area contributed by atoms with Gasteiger partial charge >= 0.3 is 6.23 Å². The van der Waals surface area contributed by atoms with Gasteiger partial charge in [0.15, 0.2) is 0 Å². The van der Waals surface area contributed by atoms with Gasteiger partial charge < -0.3 is 4.74 Å². The van der Waals surface area contributed by atoms with Crippen molar-refractivity contribution in [2.75, 3.05) is 20.3 Å². The lowest BCUT2D eigenvalue weighted by Gasteiger charge is -1.98. The van der Waals surface area contributed by atoms with Crippen LogP contribution in [0.3, 0.4) is 0 Å². The maximum Gasteiger partial charge on any atom is 0.329 e. The van der Waals surface area contributed by atoms with Crippen LogP contribution in [0.2, 0.25) is 0 Å². The minimum absolute atomic E-state index is 0.367. The van der Waals surface area contributed by atoms with Crippen LogP contribution < -0.4 is 0 Å². The van der Waals surface area contributed by atoms with E-state index in [1.165, 1.54) is 0 Å². The Bertz CT molecular complexity index is 127. The van der Waals surface area contributed by atoms with Gasteiger partial charge in [-0.3, -0.25) is 15.0 Å². The highest BCUT2D eigenvalue weighted by Crippen LogP contribution is 2.04. The molecule has 0 amide bonds. The third-order valence-corrected chi connectivity index (χ3v) is 1.19. The predicted octanol–water partition coefficient (Wildman–Crippen LogP) is -0.491. The average Bonchev–Trinajstić information content (AvgIpc) is 2.14. The largest absolute Gasteiger partial charge is 0.329 e. The number of hydrogen-bond acceptors (Lipinski definition) is 4. The van der Waals surface area contributed by atoms with E-state index in [0.717, 1.165) is 0 Å². The second kappa shape index (κ2) is 2.28. The summed E-state index contributed by atoms with van der Waals surface area (Å²) >= 11 is 0. The molecular weight excluding hydrogens is 124 g/mol. The lowest BCUT2D eigenvalue weighted by molar-refractivity contribution is -0.565.